The maximum absolute atomic E-state index is 11.8. The summed E-state index contributed by atoms with van der Waals surface area (Å²) in [5.41, 5.74) is 4.01. The lowest BCUT2D eigenvalue weighted by molar-refractivity contribution is -0.141. The van der Waals surface area contributed by atoms with Crippen LogP contribution in [-0.4, -0.2) is 101 Å². The Kier molecular flexibility index (Phi) is 26.8. The maximum atomic E-state index is 11.8. The van der Waals surface area contributed by atoms with Crippen molar-refractivity contribution in [3.8, 4) is 0 Å². The summed E-state index contributed by atoms with van der Waals surface area (Å²) in [4.78, 5) is 41.9. The second-order valence-electron chi connectivity index (χ2n) is 30.3. The minimum absolute atomic E-state index is 0.00306. The van der Waals surface area contributed by atoms with Crippen molar-refractivity contribution in [2.75, 3.05) is 26.7 Å². The first-order valence-corrected chi connectivity index (χ1v) is 31.0. The molecule has 2 saturated carbocycles. The number of piperidine rings is 1. The van der Waals surface area contributed by atoms with Crippen molar-refractivity contribution in [3.63, 3.8) is 0 Å². The Labute approximate surface area is 473 Å². The molecule has 3 aliphatic heterocycles. The van der Waals surface area contributed by atoms with E-state index < -0.39 is 0 Å². The molecular weight excluding hydrogens is 955 g/mol. The van der Waals surface area contributed by atoms with Crippen LogP contribution in [0.5, 0.6) is 0 Å². The van der Waals surface area contributed by atoms with Crippen molar-refractivity contribution < 1.29 is 9.59 Å². The first-order valence-electron chi connectivity index (χ1n) is 30.1. The van der Waals surface area contributed by atoms with Gasteiger partial charge >= 0.3 is 6.03 Å². The Balaban J connectivity index is 0.000000305. The normalized spacial score (nSPS) is 20.6. The van der Waals surface area contributed by atoms with Gasteiger partial charge in [0.2, 0.25) is 5.91 Å². The van der Waals surface area contributed by atoms with Crippen molar-refractivity contribution in [1.29, 1.82) is 0 Å². The van der Waals surface area contributed by atoms with E-state index >= 15 is 0 Å². The van der Waals surface area contributed by atoms with Crippen LogP contribution in [0, 0.1) is 29.6 Å². The average Bonchev–Trinajstić information content (AvgIpc) is 4.13. The minimum Gasteiger partial charge on any atom is -0.335 e. The molecule has 8 rings (SSSR count). The monoisotopic (exact) mass is 1080 g/mol. The molecular formula is C66H121N7O2S. The number of amides is 3. The van der Waals surface area contributed by atoms with Gasteiger partial charge in [0, 0.05) is 83.0 Å². The number of fused-ring (bicyclic) bond motifs is 1. The van der Waals surface area contributed by atoms with Crippen LogP contribution < -0.4 is 0 Å². The van der Waals surface area contributed by atoms with E-state index in [1.165, 1.54) is 93.6 Å². The van der Waals surface area contributed by atoms with Gasteiger partial charge in [0.25, 0.3) is 0 Å². The van der Waals surface area contributed by atoms with Gasteiger partial charge in [0.1, 0.15) is 5.65 Å². The zero-order valence-electron chi connectivity index (χ0n) is 54.4. The number of nitrogens with zero attached hydrogens (tertiary/aromatic N) is 7. The van der Waals surface area contributed by atoms with Crippen molar-refractivity contribution in [1.82, 2.24) is 34.0 Å². The van der Waals surface area contributed by atoms with Crippen molar-refractivity contribution in [2.24, 2.45) is 22.7 Å². The number of aryl methyl sites for hydroxylation is 1. The number of likely N-dealkylation sites (tertiary alicyclic amines) is 2. The fourth-order valence-electron chi connectivity index (χ4n) is 11.2. The van der Waals surface area contributed by atoms with E-state index in [0.29, 0.717) is 34.4 Å². The summed E-state index contributed by atoms with van der Waals surface area (Å²) >= 11 is 1.78. The fraction of sp³-hybridized carbons (Fsp3) is 0.818. The molecule has 438 valence electrons. The molecule has 0 bridgehead atoms. The molecule has 2 atom stereocenters. The molecule has 5 fully saturated rings. The lowest BCUT2D eigenvalue weighted by Gasteiger charge is -2.46. The van der Waals surface area contributed by atoms with Gasteiger partial charge in [-0.1, -0.05) is 121 Å². The summed E-state index contributed by atoms with van der Waals surface area (Å²) in [7, 11) is 1.87. The van der Waals surface area contributed by atoms with Crippen LogP contribution in [0.4, 0.5) is 4.79 Å². The standard InChI is InChI=1S/C11H14N2.C10H20N2O.C10H19NO.C10H20.C9H18.C8H13NS.C8H17N/c1-11(2,3)9-8-13-7-5-4-6-10(13)12-9;1-8-6-7-11(5)9(13)12(8)10(2,3)4;1-8-6-5-7-9(12)11(8)10(2,3)4;1-10(2,3)9-7-5-4-6-8-9;1-9(2,3)8-6-4-5-7-8;1-6-5-9-7(10-6)8(2,3)4;1-8(2,3)9-6-4-5-7-9/h4-8H,1-3H3;8H,6-7H2,1-5H3;8H,5-7H2,1-4H3;9H,4-8H2,1-3H3;8H,4-7H2,1-3H3;5H,1-4H3;4-7H2,1-3H3. The Bertz CT molecular complexity index is 2050. The van der Waals surface area contributed by atoms with E-state index in [2.05, 4.69) is 192 Å². The largest absolute Gasteiger partial charge is 0.335 e. The minimum atomic E-state index is -0.0643. The number of urea groups is 1. The van der Waals surface area contributed by atoms with Crippen molar-refractivity contribution in [3.05, 3.63) is 52.4 Å². The van der Waals surface area contributed by atoms with Crippen LogP contribution in [0.2, 0.25) is 0 Å². The number of rotatable bonds is 0. The van der Waals surface area contributed by atoms with Crippen molar-refractivity contribution >= 4 is 28.9 Å². The first-order chi connectivity index (χ1) is 34.6. The quantitative estimate of drug-likeness (QED) is 0.224. The number of carbonyl (C=O) groups excluding carboxylic acids is 2. The molecule has 2 unspecified atom stereocenters. The van der Waals surface area contributed by atoms with Crippen LogP contribution >= 0.6 is 11.3 Å². The Morgan fingerprint density at radius 2 is 1.04 bits per heavy atom. The molecule has 0 spiro atoms. The summed E-state index contributed by atoms with van der Waals surface area (Å²) in [5, 5.41) is 1.23. The van der Waals surface area contributed by atoms with Gasteiger partial charge in [-0.25, -0.2) is 14.8 Å². The van der Waals surface area contributed by atoms with E-state index in [4.69, 9.17) is 0 Å². The van der Waals surface area contributed by atoms with E-state index in [0.717, 1.165) is 55.4 Å². The molecule has 76 heavy (non-hydrogen) atoms. The molecule has 3 aromatic rings. The molecule has 2 aliphatic carbocycles. The number of hydrogen-bond acceptors (Lipinski definition) is 6. The zero-order chi connectivity index (χ0) is 58.3. The summed E-state index contributed by atoms with van der Waals surface area (Å²) in [6, 6.07) is 6.99. The van der Waals surface area contributed by atoms with Crippen LogP contribution in [0.15, 0.2) is 36.8 Å². The smallest absolute Gasteiger partial charge is 0.320 e. The highest BCUT2D eigenvalue weighted by Gasteiger charge is 2.36. The topological polar surface area (TPSA) is 77.3 Å². The van der Waals surface area contributed by atoms with Gasteiger partial charge in [0.05, 0.1) is 10.7 Å². The predicted octanol–water partition coefficient (Wildman–Crippen LogP) is 18.2. The second kappa shape index (κ2) is 29.5. The number of aromatic nitrogens is 3. The summed E-state index contributed by atoms with van der Waals surface area (Å²) in [6.07, 6.45) is 26.2. The van der Waals surface area contributed by atoms with Gasteiger partial charge in [-0.15, -0.1) is 11.3 Å². The van der Waals surface area contributed by atoms with E-state index in [-0.39, 0.29) is 27.9 Å². The lowest BCUT2D eigenvalue weighted by atomic mass is 9.72. The highest BCUT2D eigenvalue weighted by Crippen LogP contribution is 2.39. The van der Waals surface area contributed by atoms with E-state index in [1.807, 2.05) is 47.4 Å². The van der Waals surface area contributed by atoms with Crippen molar-refractivity contribution in [2.45, 2.75) is 302 Å². The molecule has 3 saturated heterocycles. The number of carbonyl (C=O) groups is 2. The second-order valence-corrected chi connectivity index (χ2v) is 31.6. The molecule has 0 radical (unpaired) electrons. The number of imidazole rings is 1. The highest BCUT2D eigenvalue weighted by atomic mass is 32.1. The third kappa shape index (κ3) is 24.2. The fourth-order valence-corrected chi connectivity index (χ4v) is 12.0. The first kappa shape index (κ1) is 69.1. The third-order valence-electron chi connectivity index (χ3n) is 15.9. The average molecular weight is 1080 g/mol. The van der Waals surface area contributed by atoms with E-state index in [9.17, 15) is 9.59 Å². The third-order valence-corrected chi connectivity index (χ3v) is 17.2. The Morgan fingerprint density at radius 3 is 1.37 bits per heavy atom. The Morgan fingerprint density at radius 1 is 0.553 bits per heavy atom. The maximum Gasteiger partial charge on any atom is 0.320 e. The van der Waals surface area contributed by atoms with Crippen LogP contribution in [0.1, 0.15) is 271 Å². The summed E-state index contributed by atoms with van der Waals surface area (Å²) in [6.45, 7) is 56.6. The molecule has 3 amide bonds. The van der Waals surface area contributed by atoms with Crippen LogP contribution in [0.3, 0.4) is 0 Å². The molecule has 10 heteroatoms. The number of pyridine rings is 1. The van der Waals surface area contributed by atoms with Gasteiger partial charge in [0.15, 0.2) is 0 Å². The van der Waals surface area contributed by atoms with Gasteiger partial charge in [-0.2, -0.15) is 0 Å². The van der Waals surface area contributed by atoms with Crippen LogP contribution in [0.25, 0.3) is 5.65 Å². The number of hydrogen-bond donors (Lipinski definition) is 0. The molecule has 6 heterocycles. The van der Waals surface area contributed by atoms with Gasteiger partial charge < -0.3 is 19.1 Å². The molecule has 0 aromatic carbocycles. The lowest BCUT2D eigenvalue weighted by Crippen LogP contribution is -2.59. The summed E-state index contributed by atoms with van der Waals surface area (Å²) in [5.74, 6) is 2.33. The SMILES string of the molecule is CC(C)(C)C1CCCC1.CC(C)(C)C1CCCCC1.CC(C)(C)N1CCCC1.CC(C)(C)c1cn2ccccc2n1.CC1CCCC(=O)N1C(C)(C)C.CC1CCN(C)C(=O)N1C(C)(C)C.Cc1cnc(C(C)(C)C)s1. The Hall–Kier alpha value is -2.98. The predicted molar refractivity (Wildman–Crippen MR) is 331 cm³/mol. The molecule has 9 nitrogen and oxygen atoms in total. The van der Waals surface area contributed by atoms with Gasteiger partial charge in [-0.05, 0) is 189 Å². The summed E-state index contributed by atoms with van der Waals surface area (Å²) < 4.78 is 2.06. The highest BCUT2D eigenvalue weighted by molar-refractivity contribution is 7.11. The molecule has 5 aliphatic rings. The van der Waals surface area contributed by atoms with E-state index in [1.54, 1.807) is 16.2 Å². The molecule has 0 N–H and O–H groups in total. The zero-order valence-corrected chi connectivity index (χ0v) is 55.2. The molecule has 3 aromatic heterocycles. The van der Waals surface area contributed by atoms with Crippen LogP contribution in [-0.2, 0) is 15.6 Å². The number of thiazole rings is 1. The van der Waals surface area contributed by atoms with Gasteiger partial charge in [-0.3, -0.25) is 9.69 Å².